The number of benzene rings is 4. The first kappa shape index (κ1) is 30.1. The summed E-state index contributed by atoms with van der Waals surface area (Å²) in [5.74, 6) is 0.716. The van der Waals surface area contributed by atoms with Crippen LogP contribution in [0.5, 0.6) is 11.5 Å². The van der Waals surface area contributed by atoms with Gasteiger partial charge in [-0.15, -0.1) is 0 Å². The zero-order chi connectivity index (χ0) is 29.9. The number of hydrogen-bond donors (Lipinski definition) is 3. The topological polar surface area (TPSA) is 90.9 Å². The van der Waals surface area contributed by atoms with Crippen LogP contribution in [0.2, 0.25) is 0 Å². The fraction of sp³-hybridized carbons (Fsp3) is 0.333. The Hall–Kier alpha value is -4.36. The summed E-state index contributed by atoms with van der Waals surface area (Å²) in [6, 6.07) is 30.5. The Kier molecular flexibility index (Phi) is 10.6. The summed E-state index contributed by atoms with van der Waals surface area (Å²) >= 11 is 0. The number of para-hydroxylation sites is 2. The molecule has 0 radical (unpaired) electrons. The van der Waals surface area contributed by atoms with Gasteiger partial charge in [0.05, 0.1) is 6.61 Å². The number of carbonyl (C=O) groups excluding carboxylic acids is 2. The molecular weight excluding hydrogens is 538 g/mol. The zero-order valence-corrected chi connectivity index (χ0v) is 24.6. The van der Waals surface area contributed by atoms with Gasteiger partial charge in [-0.1, -0.05) is 78.9 Å². The molecule has 4 aromatic rings. The van der Waals surface area contributed by atoms with Crippen molar-refractivity contribution < 1.29 is 19.4 Å². The number of rotatable bonds is 13. The molecule has 0 spiro atoms. The lowest BCUT2D eigenvalue weighted by atomic mass is 9.95. The van der Waals surface area contributed by atoms with Gasteiger partial charge in [-0.2, -0.15) is 0 Å². The van der Waals surface area contributed by atoms with Gasteiger partial charge in [-0.25, -0.2) is 0 Å². The summed E-state index contributed by atoms with van der Waals surface area (Å²) in [6.45, 7) is 2.95. The second kappa shape index (κ2) is 15.2. The Bertz CT molecular complexity index is 1490. The van der Waals surface area contributed by atoms with Crippen LogP contribution in [0.25, 0.3) is 10.8 Å². The van der Waals surface area contributed by atoms with Crippen molar-refractivity contribution in [2.24, 2.45) is 5.92 Å². The van der Waals surface area contributed by atoms with E-state index in [1.54, 1.807) is 12.1 Å². The molecular formula is C36H41N3O4. The van der Waals surface area contributed by atoms with Gasteiger partial charge >= 0.3 is 0 Å². The first-order valence-corrected chi connectivity index (χ1v) is 15.3. The minimum atomic E-state index is -0.706. The van der Waals surface area contributed by atoms with Crippen molar-refractivity contribution in [3.63, 3.8) is 0 Å². The molecule has 0 aromatic heterocycles. The fourth-order valence-electron chi connectivity index (χ4n) is 5.67. The van der Waals surface area contributed by atoms with Crippen LogP contribution < -0.4 is 15.4 Å². The van der Waals surface area contributed by atoms with E-state index in [1.807, 2.05) is 65.6 Å². The lowest BCUT2D eigenvalue weighted by Crippen LogP contribution is -2.52. The Morgan fingerprint density at radius 2 is 1.60 bits per heavy atom. The van der Waals surface area contributed by atoms with E-state index in [9.17, 15) is 14.7 Å². The zero-order valence-electron chi connectivity index (χ0n) is 24.6. The van der Waals surface area contributed by atoms with Crippen LogP contribution in [0.15, 0.2) is 97.1 Å². The van der Waals surface area contributed by atoms with E-state index >= 15 is 0 Å². The summed E-state index contributed by atoms with van der Waals surface area (Å²) in [4.78, 5) is 29.5. The SMILES string of the molecule is O=C(NC(Cc1ccc2ccccc2c1)C(=O)N(CCCOc1ccccc1)CCc1ccccc1O)C1CCNCC1. The highest BCUT2D eigenvalue weighted by molar-refractivity contribution is 5.89. The highest BCUT2D eigenvalue weighted by Crippen LogP contribution is 2.20. The van der Waals surface area contributed by atoms with Crippen LogP contribution in [-0.4, -0.2) is 60.6 Å². The minimum absolute atomic E-state index is 0.0614. The third-order valence-electron chi connectivity index (χ3n) is 8.12. The van der Waals surface area contributed by atoms with Crippen LogP contribution in [0.4, 0.5) is 0 Å². The molecule has 1 aliphatic rings. The molecule has 2 amide bonds. The molecule has 43 heavy (non-hydrogen) atoms. The summed E-state index contributed by atoms with van der Waals surface area (Å²) in [5.41, 5.74) is 1.78. The highest BCUT2D eigenvalue weighted by atomic mass is 16.5. The van der Waals surface area contributed by atoms with E-state index in [2.05, 4.69) is 34.9 Å². The summed E-state index contributed by atoms with van der Waals surface area (Å²) in [7, 11) is 0. The summed E-state index contributed by atoms with van der Waals surface area (Å²) < 4.78 is 5.91. The van der Waals surface area contributed by atoms with Crippen molar-refractivity contribution in [2.75, 3.05) is 32.8 Å². The van der Waals surface area contributed by atoms with Crippen LogP contribution in [-0.2, 0) is 22.4 Å². The van der Waals surface area contributed by atoms with Crippen molar-refractivity contribution in [3.05, 3.63) is 108 Å². The van der Waals surface area contributed by atoms with Crippen LogP contribution >= 0.6 is 0 Å². The highest BCUT2D eigenvalue weighted by Gasteiger charge is 2.30. The lowest BCUT2D eigenvalue weighted by Gasteiger charge is -2.30. The number of nitrogens with one attached hydrogen (secondary N) is 2. The smallest absolute Gasteiger partial charge is 0.245 e. The predicted octanol–water partition coefficient (Wildman–Crippen LogP) is 5.11. The van der Waals surface area contributed by atoms with Gasteiger partial charge < -0.3 is 25.4 Å². The molecule has 7 nitrogen and oxygen atoms in total. The molecule has 0 bridgehead atoms. The van der Waals surface area contributed by atoms with Gasteiger partial charge in [0, 0.05) is 25.4 Å². The molecule has 1 fully saturated rings. The number of aromatic hydroxyl groups is 1. The van der Waals surface area contributed by atoms with Gasteiger partial charge in [-0.3, -0.25) is 9.59 Å². The van der Waals surface area contributed by atoms with E-state index in [0.717, 1.165) is 53.6 Å². The number of hydrogen-bond acceptors (Lipinski definition) is 5. The largest absolute Gasteiger partial charge is 0.508 e. The second-order valence-corrected chi connectivity index (χ2v) is 11.2. The van der Waals surface area contributed by atoms with Crippen molar-refractivity contribution in [1.82, 2.24) is 15.5 Å². The fourth-order valence-corrected chi connectivity index (χ4v) is 5.67. The molecule has 4 aromatic carbocycles. The number of phenols is 1. The maximum Gasteiger partial charge on any atom is 0.245 e. The monoisotopic (exact) mass is 579 g/mol. The molecule has 1 aliphatic heterocycles. The molecule has 0 aliphatic carbocycles. The van der Waals surface area contributed by atoms with Crippen molar-refractivity contribution in [3.8, 4) is 11.5 Å². The van der Waals surface area contributed by atoms with Crippen LogP contribution in [0.3, 0.4) is 0 Å². The lowest BCUT2D eigenvalue weighted by molar-refractivity contribution is -0.137. The molecule has 7 heteroatoms. The molecule has 224 valence electrons. The van der Waals surface area contributed by atoms with Crippen molar-refractivity contribution in [2.45, 2.75) is 38.1 Å². The molecule has 0 saturated carbocycles. The number of carbonyl (C=O) groups is 2. The Morgan fingerprint density at radius 1 is 0.884 bits per heavy atom. The van der Waals surface area contributed by atoms with E-state index < -0.39 is 6.04 Å². The van der Waals surface area contributed by atoms with E-state index in [0.29, 0.717) is 39.0 Å². The number of fused-ring (bicyclic) bond motifs is 1. The van der Waals surface area contributed by atoms with Crippen molar-refractivity contribution >= 4 is 22.6 Å². The normalized spacial score (nSPS) is 14.2. The number of ether oxygens (including phenoxy) is 1. The van der Waals surface area contributed by atoms with Crippen LogP contribution in [0, 0.1) is 5.92 Å². The number of amides is 2. The van der Waals surface area contributed by atoms with Gasteiger partial charge in [0.25, 0.3) is 0 Å². The number of nitrogens with zero attached hydrogens (tertiary/aromatic N) is 1. The van der Waals surface area contributed by atoms with Gasteiger partial charge in [0.1, 0.15) is 17.5 Å². The standard InChI is InChI=1S/C36H41N3O4/c40-34-14-7-6-10-29(34)19-23-39(22-8-24-43-32-12-2-1-3-13-32)36(42)33(38-35(41)30-17-20-37-21-18-30)26-27-15-16-28-9-4-5-11-31(28)25-27/h1-7,9-16,25,30,33,37,40H,8,17-24,26H2,(H,38,41). The maximum atomic E-state index is 14.3. The summed E-state index contributed by atoms with van der Waals surface area (Å²) in [6.07, 6.45) is 3.05. The van der Waals surface area contributed by atoms with Gasteiger partial charge in [0.2, 0.25) is 11.8 Å². The molecule has 1 unspecified atom stereocenters. The Balaban J connectivity index is 1.34. The Labute approximate surface area is 253 Å². The third kappa shape index (κ3) is 8.58. The molecule has 3 N–H and O–H groups in total. The average Bonchev–Trinajstić information content (AvgIpc) is 3.05. The van der Waals surface area contributed by atoms with E-state index in [4.69, 9.17) is 4.74 Å². The first-order valence-electron chi connectivity index (χ1n) is 15.3. The van der Waals surface area contributed by atoms with Crippen LogP contribution in [0.1, 0.15) is 30.4 Å². The minimum Gasteiger partial charge on any atom is -0.508 e. The molecule has 1 atom stereocenters. The first-order chi connectivity index (χ1) is 21.1. The summed E-state index contributed by atoms with van der Waals surface area (Å²) in [5, 5.41) is 19.1. The maximum absolute atomic E-state index is 14.3. The average molecular weight is 580 g/mol. The van der Waals surface area contributed by atoms with Crippen molar-refractivity contribution in [1.29, 1.82) is 0 Å². The van der Waals surface area contributed by atoms with E-state index in [1.165, 1.54) is 0 Å². The molecule has 1 heterocycles. The van der Waals surface area contributed by atoms with E-state index in [-0.39, 0.29) is 23.5 Å². The third-order valence-corrected chi connectivity index (χ3v) is 8.12. The Morgan fingerprint density at radius 3 is 2.40 bits per heavy atom. The molecule has 5 rings (SSSR count). The number of piperidine rings is 1. The molecule has 1 saturated heterocycles. The van der Waals surface area contributed by atoms with Gasteiger partial charge in [0.15, 0.2) is 0 Å². The quantitative estimate of drug-likeness (QED) is 0.192. The number of phenolic OH excluding ortho intramolecular Hbond substituents is 1. The van der Waals surface area contributed by atoms with Gasteiger partial charge in [-0.05, 0) is 78.9 Å². The second-order valence-electron chi connectivity index (χ2n) is 11.2. The predicted molar refractivity (Wildman–Crippen MR) is 170 cm³/mol.